The van der Waals surface area contributed by atoms with E-state index in [2.05, 4.69) is 5.32 Å². The van der Waals surface area contributed by atoms with E-state index in [-0.39, 0.29) is 12.1 Å². The molecule has 2 saturated heterocycles. The summed E-state index contributed by atoms with van der Waals surface area (Å²) >= 11 is 0. The number of aliphatic hydroxyl groups excluding tert-OH is 2. The predicted octanol–water partition coefficient (Wildman–Crippen LogP) is -1.16. The van der Waals surface area contributed by atoms with Gasteiger partial charge >= 0.3 is 0 Å². The summed E-state index contributed by atoms with van der Waals surface area (Å²) in [5.41, 5.74) is 0. The maximum Gasteiger partial charge on any atom is 0.0967 e. The Hall–Kier alpha value is -0.120. The molecule has 0 amide bonds. The fraction of sp³-hybridized carbons (Fsp3) is 1.00. The summed E-state index contributed by atoms with van der Waals surface area (Å²) in [7, 11) is 0. The molecule has 0 saturated carbocycles. The van der Waals surface area contributed by atoms with Gasteiger partial charge < -0.3 is 15.5 Å². The molecule has 2 bridgehead atoms. The number of aliphatic hydroxyl groups is 2. The van der Waals surface area contributed by atoms with Crippen molar-refractivity contribution in [1.82, 2.24) is 5.32 Å². The first kappa shape index (κ1) is 5.65. The summed E-state index contributed by atoms with van der Waals surface area (Å²) in [5, 5.41) is 21.5. The normalized spacial score (nSPS) is 56.7. The van der Waals surface area contributed by atoms with Gasteiger partial charge in [-0.3, -0.25) is 0 Å². The Bertz CT molecular complexity index is 110. The molecule has 9 heavy (non-hydrogen) atoms. The maximum atomic E-state index is 9.18. The van der Waals surface area contributed by atoms with Crippen molar-refractivity contribution in [3.63, 3.8) is 0 Å². The number of rotatable bonds is 0. The van der Waals surface area contributed by atoms with Gasteiger partial charge in [-0.15, -0.1) is 0 Å². The van der Waals surface area contributed by atoms with E-state index >= 15 is 0 Å². The lowest BCUT2D eigenvalue weighted by Gasteiger charge is -2.19. The molecule has 0 aliphatic carbocycles. The van der Waals surface area contributed by atoms with Gasteiger partial charge in [-0.1, -0.05) is 0 Å². The highest BCUT2D eigenvalue weighted by Gasteiger charge is 2.45. The molecule has 0 radical (unpaired) electrons. The minimum Gasteiger partial charge on any atom is -0.389 e. The van der Waals surface area contributed by atoms with Gasteiger partial charge in [-0.05, 0) is 12.8 Å². The molecule has 3 unspecified atom stereocenters. The van der Waals surface area contributed by atoms with Crippen LogP contribution in [0.1, 0.15) is 12.8 Å². The van der Waals surface area contributed by atoms with Crippen LogP contribution < -0.4 is 5.32 Å². The van der Waals surface area contributed by atoms with Gasteiger partial charge in [-0.25, -0.2) is 0 Å². The van der Waals surface area contributed by atoms with E-state index < -0.39 is 12.2 Å². The number of hydrogen-bond acceptors (Lipinski definition) is 3. The lowest BCUT2D eigenvalue weighted by molar-refractivity contribution is 0.0123. The highest BCUT2D eigenvalue weighted by molar-refractivity contribution is 5.03. The third kappa shape index (κ3) is 0.625. The molecule has 2 aliphatic heterocycles. The van der Waals surface area contributed by atoms with E-state index in [9.17, 15) is 10.2 Å². The molecule has 3 N–H and O–H groups in total. The van der Waals surface area contributed by atoms with Gasteiger partial charge in [0.05, 0.1) is 12.2 Å². The molecule has 3 nitrogen and oxygen atoms in total. The van der Waals surface area contributed by atoms with Crippen LogP contribution in [0.15, 0.2) is 0 Å². The molecular weight excluding hydrogens is 118 g/mol. The van der Waals surface area contributed by atoms with E-state index in [4.69, 9.17) is 0 Å². The Balaban J connectivity index is 2.15. The SMILES string of the molecule is OC1C2CCC(N2)[C@H]1O. The maximum absolute atomic E-state index is 9.18. The second kappa shape index (κ2) is 1.68. The van der Waals surface area contributed by atoms with Crippen molar-refractivity contribution >= 4 is 0 Å². The predicted molar refractivity (Wildman–Crippen MR) is 32.0 cm³/mol. The zero-order valence-corrected chi connectivity index (χ0v) is 5.12. The van der Waals surface area contributed by atoms with Crippen LogP contribution in [-0.2, 0) is 0 Å². The molecule has 2 fully saturated rings. The van der Waals surface area contributed by atoms with E-state index in [0.29, 0.717) is 0 Å². The highest BCUT2D eigenvalue weighted by Crippen LogP contribution is 2.28. The van der Waals surface area contributed by atoms with Crippen LogP contribution in [-0.4, -0.2) is 34.5 Å². The number of fused-ring (bicyclic) bond motifs is 2. The van der Waals surface area contributed by atoms with Crippen LogP contribution in [0.5, 0.6) is 0 Å². The van der Waals surface area contributed by atoms with Crippen molar-refractivity contribution in [2.75, 3.05) is 0 Å². The smallest absolute Gasteiger partial charge is 0.0967 e. The van der Waals surface area contributed by atoms with Crippen LogP contribution in [0.4, 0.5) is 0 Å². The van der Waals surface area contributed by atoms with E-state index in [1.807, 2.05) is 0 Å². The standard InChI is InChI=1S/C6H11NO2/c8-5-3-1-2-4(7-3)6(5)9/h3-9H,1-2H2/t3?,4?,5-,6?/m1/s1. The molecule has 0 aromatic rings. The first-order chi connectivity index (χ1) is 4.29. The molecule has 2 aliphatic rings. The van der Waals surface area contributed by atoms with Gasteiger partial charge in [0.25, 0.3) is 0 Å². The average Bonchev–Trinajstić information content (AvgIpc) is 2.37. The molecule has 0 aromatic carbocycles. The Morgan fingerprint density at radius 2 is 1.44 bits per heavy atom. The van der Waals surface area contributed by atoms with Gasteiger partial charge in [0.2, 0.25) is 0 Å². The first-order valence-corrected chi connectivity index (χ1v) is 3.41. The van der Waals surface area contributed by atoms with Crippen molar-refractivity contribution in [2.45, 2.75) is 37.1 Å². The Labute approximate surface area is 53.7 Å². The molecule has 3 heteroatoms. The van der Waals surface area contributed by atoms with Crippen molar-refractivity contribution < 1.29 is 10.2 Å². The molecule has 2 rings (SSSR count). The lowest BCUT2D eigenvalue weighted by Crippen LogP contribution is -2.36. The summed E-state index contributed by atoms with van der Waals surface area (Å²) < 4.78 is 0. The van der Waals surface area contributed by atoms with E-state index in [0.717, 1.165) is 12.8 Å². The fourth-order valence-electron chi connectivity index (χ4n) is 1.82. The molecule has 0 spiro atoms. The van der Waals surface area contributed by atoms with Crippen molar-refractivity contribution in [3.05, 3.63) is 0 Å². The van der Waals surface area contributed by atoms with Crippen LogP contribution in [0.25, 0.3) is 0 Å². The molecular formula is C6H11NO2. The second-order valence-corrected chi connectivity index (χ2v) is 2.94. The molecule has 52 valence electrons. The second-order valence-electron chi connectivity index (χ2n) is 2.94. The van der Waals surface area contributed by atoms with Crippen molar-refractivity contribution in [1.29, 1.82) is 0 Å². The molecule has 4 atom stereocenters. The van der Waals surface area contributed by atoms with E-state index in [1.165, 1.54) is 0 Å². The van der Waals surface area contributed by atoms with Gasteiger partial charge in [0.1, 0.15) is 0 Å². The summed E-state index contributed by atoms with van der Waals surface area (Å²) in [6, 6.07) is 0.343. The van der Waals surface area contributed by atoms with Crippen molar-refractivity contribution in [3.8, 4) is 0 Å². The Kier molecular flexibility index (Phi) is 1.06. The minimum atomic E-state index is -0.510. The van der Waals surface area contributed by atoms with Gasteiger partial charge in [-0.2, -0.15) is 0 Å². The first-order valence-electron chi connectivity index (χ1n) is 3.41. The zero-order valence-electron chi connectivity index (χ0n) is 5.12. The summed E-state index contributed by atoms with van der Waals surface area (Å²) in [6.07, 6.45) is 1.01. The van der Waals surface area contributed by atoms with Crippen molar-refractivity contribution in [2.24, 2.45) is 0 Å². The minimum absolute atomic E-state index is 0.171. The Morgan fingerprint density at radius 1 is 1.00 bits per heavy atom. The summed E-state index contributed by atoms with van der Waals surface area (Å²) in [4.78, 5) is 0. The summed E-state index contributed by atoms with van der Waals surface area (Å²) in [5.74, 6) is 0. The monoisotopic (exact) mass is 129 g/mol. The lowest BCUT2D eigenvalue weighted by atomic mass is 9.95. The largest absolute Gasteiger partial charge is 0.389 e. The molecule has 2 heterocycles. The van der Waals surface area contributed by atoms with Crippen LogP contribution in [0.3, 0.4) is 0 Å². The van der Waals surface area contributed by atoms with Gasteiger partial charge in [0.15, 0.2) is 0 Å². The van der Waals surface area contributed by atoms with E-state index in [1.54, 1.807) is 0 Å². The fourth-order valence-corrected chi connectivity index (χ4v) is 1.82. The van der Waals surface area contributed by atoms with Crippen LogP contribution in [0.2, 0.25) is 0 Å². The summed E-state index contributed by atoms with van der Waals surface area (Å²) in [6.45, 7) is 0. The van der Waals surface area contributed by atoms with Crippen LogP contribution >= 0.6 is 0 Å². The van der Waals surface area contributed by atoms with Crippen LogP contribution in [0, 0.1) is 0 Å². The third-order valence-corrected chi connectivity index (χ3v) is 2.39. The number of hydrogen-bond donors (Lipinski definition) is 3. The highest BCUT2D eigenvalue weighted by atomic mass is 16.3. The zero-order chi connectivity index (χ0) is 6.43. The molecule has 0 aromatic heterocycles. The Morgan fingerprint density at radius 3 is 1.67 bits per heavy atom. The third-order valence-electron chi connectivity index (χ3n) is 2.39. The average molecular weight is 129 g/mol. The number of nitrogens with one attached hydrogen (secondary N) is 1. The van der Waals surface area contributed by atoms with Gasteiger partial charge in [0, 0.05) is 12.1 Å². The quantitative estimate of drug-likeness (QED) is 0.387. The topological polar surface area (TPSA) is 52.5 Å².